The van der Waals surface area contributed by atoms with Crippen LogP contribution in [0.1, 0.15) is 51.9 Å². The number of nitrogens with zero attached hydrogens (tertiary/aromatic N) is 6. The third kappa shape index (κ3) is 5.85. The smallest absolute Gasteiger partial charge is 0.227 e. The summed E-state index contributed by atoms with van der Waals surface area (Å²) < 4.78 is 27.5. The van der Waals surface area contributed by atoms with Crippen LogP contribution in [0.5, 0.6) is 0 Å². The number of aliphatic hydroxyl groups is 1. The minimum Gasteiger partial charge on any atom is -0.390 e. The van der Waals surface area contributed by atoms with Crippen molar-refractivity contribution in [3.63, 3.8) is 0 Å². The summed E-state index contributed by atoms with van der Waals surface area (Å²) in [6.07, 6.45) is 2.96. The van der Waals surface area contributed by atoms with Crippen LogP contribution in [0.4, 0.5) is 22.0 Å². The second-order valence-corrected chi connectivity index (χ2v) is 9.00. The fourth-order valence-electron chi connectivity index (χ4n) is 4.24. The number of hydrogen-bond donors (Lipinski definition) is 2. The first kappa shape index (κ1) is 25.2. The highest BCUT2D eigenvalue weighted by molar-refractivity contribution is 5.79. The van der Waals surface area contributed by atoms with Gasteiger partial charge in [-0.25, -0.2) is 19.3 Å². The van der Waals surface area contributed by atoms with Gasteiger partial charge in [0, 0.05) is 32.0 Å². The van der Waals surface area contributed by atoms with E-state index < -0.39 is 12.3 Å². The number of anilines is 3. The van der Waals surface area contributed by atoms with Gasteiger partial charge in [-0.2, -0.15) is 4.98 Å². The van der Waals surface area contributed by atoms with Gasteiger partial charge in [-0.1, -0.05) is 13.3 Å². The van der Waals surface area contributed by atoms with E-state index in [9.17, 15) is 9.50 Å². The lowest BCUT2D eigenvalue weighted by Crippen LogP contribution is -2.45. The number of piperidine rings is 1. The molecule has 3 aromatic rings. The van der Waals surface area contributed by atoms with Crippen LogP contribution in [-0.4, -0.2) is 68.4 Å². The van der Waals surface area contributed by atoms with E-state index in [1.165, 1.54) is 0 Å². The molecule has 1 aliphatic heterocycles. The molecule has 3 atom stereocenters. The molecule has 3 aromatic heterocycles. The number of alkyl halides is 1. The Labute approximate surface area is 204 Å². The number of pyridine rings is 1. The third-order valence-electron chi connectivity index (χ3n) is 6.04. The van der Waals surface area contributed by atoms with Gasteiger partial charge in [-0.05, 0) is 32.8 Å². The number of aliphatic hydroxyl groups excluding tert-OH is 1. The van der Waals surface area contributed by atoms with Crippen molar-refractivity contribution >= 4 is 28.6 Å². The SMILES string of the molecule is CCCC(OC)OCc1nc2cnc(Nc3ccnc(N4CCC(O)C(F)C4)n3)cc2n1C(C)C. The van der Waals surface area contributed by atoms with E-state index in [-0.39, 0.29) is 18.9 Å². The van der Waals surface area contributed by atoms with Crippen LogP contribution in [0.2, 0.25) is 0 Å². The number of imidazole rings is 1. The van der Waals surface area contributed by atoms with E-state index in [2.05, 4.69) is 45.6 Å². The average molecular weight is 488 g/mol. The maximum atomic E-state index is 14.0. The first-order chi connectivity index (χ1) is 16.9. The summed E-state index contributed by atoms with van der Waals surface area (Å²) in [4.78, 5) is 19.8. The lowest BCUT2D eigenvalue weighted by molar-refractivity contribution is -0.137. The van der Waals surface area contributed by atoms with E-state index in [1.54, 1.807) is 30.5 Å². The van der Waals surface area contributed by atoms with Crippen molar-refractivity contribution in [2.45, 2.75) is 71.2 Å². The minimum atomic E-state index is -1.32. The Hall–Kier alpha value is -2.89. The monoisotopic (exact) mass is 487 g/mol. The number of rotatable bonds is 10. The first-order valence-electron chi connectivity index (χ1n) is 12.1. The summed E-state index contributed by atoms with van der Waals surface area (Å²) in [5, 5.41) is 12.9. The molecule has 4 heterocycles. The van der Waals surface area contributed by atoms with Crippen molar-refractivity contribution in [1.82, 2.24) is 24.5 Å². The second kappa shape index (κ2) is 11.2. The van der Waals surface area contributed by atoms with Crippen LogP contribution >= 0.6 is 0 Å². The maximum Gasteiger partial charge on any atom is 0.227 e. The molecule has 0 amide bonds. The van der Waals surface area contributed by atoms with Crippen molar-refractivity contribution in [2.24, 2.45) is 0 Å². The summed E-state index contributed by atoms with van der Waals surface area (Å²) in [5.74, 6) is 2.38. The molecule has 1 saturated heterocycles. The van der Waals surface area contributed by atoms with Gasteiger partial charge in [0.25, 0.3) is 0 Å². The molecular weight excluding hydrogens is 453 g/mol. The summed E-state index contributed by atoms with van der Waals surface area (Å²) in [5.41, 5.74) is 1.71. The topological polar surface area (TPSA) is 110 Å². The van der Waals surface area contributed by atoms with Crippen LogP contribution < -0.4 is 10.2 Å². The first-order valence-corrected chi connectivity index (χ1v) is 12.1. The van der Waals surface area contributed by atoms with Gasteiger partial charge >= 0.3 is 0 Å². The molecule has 0 bridgehead atoms. The summed E-state index contributed by atoms with van der Waals surface area (Å²) in [7, 11) is 1.65. The predicted octanol–water partition coefficient (Wildman–Crippen LogP) is 3.74. The zero-order chi connectivity index (χ0) is 24.9. The molecule has 190 valence electrons. The summed E-state index contributed by atoms with van der Waals surface area (Å²) in [6.45, 7) is 7.19. The molecule has 35 heavy (non-hydrogen) atoms. The molecule has 0 spiro atoms. The van der Waals surface area contributed by atoms with E-state index >= 15 is 0 Å². The van der Waals surface area contributed by atoms with Crippen molar-refractivity contribution < 1.29 is 19.0 Å². The molecule has 11 heteroatoms. The highest BCUT2D eigenvalue weighted by atomic mass is 19.1. The highest BCUT2D eigenvalue weighted by Crippen LogP contribution is 2.26. The van der Waals surface area contributed by atoms with Crippen LogP contribution in [0.25, 0.3) is 11.0 Å². The number of fused-ring (bicyclic) bond motifs is 1. The van der Waals surface area contributed by atoms with Gasteiger partial charge in [0.2, 0.25) is 5.95 Å². The molecule has 1 fully saturated rings. The molecule has 3 unspecified atom stereocenters. The summed E-state index contributed by atoms with van der Waals surface area (Å²) in [6, 6.07) is 3.83. The van der Waals surface area contributed by atoms with Crippen LogP contribution in [-0.2, 0) is 16.1 Å². The van der Waals surface area contributed by atoms with E-state index in [0.29, 0.717) is 37.2 Å². The van der Waals surface area contributed by atoms with E-state index in [0.717, 1.165) is 29.7 Å². The Kier molecular flexibility index (Phi) is 8.09. The van der Waals surface area contributed by atoms with Crippen molar-refractivity contribution in [3.05, 3.63) is 30.4 Å². The number of methoxy groups -OCH3 is 1. The third-order valence-corrected chi connectivity index (χ3v) is 6.04. The lowest BCUT2D eigenvalue weighted by Gasteiger charge is -2.32. The quantitative estimate of drug-likeness (QED) is 0.413. The molecule has 0 aromatic carbocycles. The lowest BCUT2D eigenvalue weighted by atomic mass is 10.1. The van der Waals surface area contributed by atoms with Crippen LogP contribution in [0.3, 0.4) is 0 Å². The zero-order valence-electron chi connectivity index (χ0n) is 20.7. The fraction of sp³-hybridized carbons (Fsp3) is 0.583. The normalized spacial score (nSPS) is 19.5. The van der Waals surface area contributed by atoms with Crippen LogP contribution in [0.15, 0.2) is 24.5 Å². The largest absolute Gasteiger partial charge is 0.390 e. The maximum absolute atomic E-state index is 14.0. The Morgan fingerprint density at radius 3 is 2.80 bits per heavy atom. The van der Waals surface area contributed by atoms with E-state index in [4.69, 9.17) is 14.5 Å². The fourth-order valence-corrected chi connectivity index (χ4v) is 4.24. The summed E-state index contributed by atoms with van der Waals surface area (Å²) >= 11 is 0. The highest BCUT2D eigenvalue weighted by Gasteiger charge is 2.28. The van der Waals surface area contributed by atoms with Crippen molar-refractivity contribution in [2.75, 3.05) is 30.4 Å². The predicted molar refractivity (Wildman–Crippen MR) is 131 cm³/mol. The Morgan fingerprint density at radius 1 is 1.26 bits per heavy atom. The molecule has 10 nitrogen and oxygen atoms in total. The van der Waals surface area contributed by atoms with Crippen molar-refractivity contribution in [1.29, 1.82) is 0 Å². The number of halogens is 1. The van der Waals surface area contributed by atoms with Gasteiger partial charge in [0.1, 0.15) is 35.8 Å². The molecule has 0 aliphatic carbocycles. The van der Waals surface area contributed by atoms with Crippen molar-refractivity contribution in [3.8, 4) is 0 Å². The number of ether oxygens (including phenoxy) is 2. The Balaban J connectivity index is 1.54. The number of hydrogen-bond acceptors (Lipinski definition) is 9. The standard InChI is InChI=1S/C24H34FN7O3/c1-5-6-23(34-4)35-14-22-28-17-12-27-21(11-18(17)32(22)15(2)3)29-20-7-9-26-24(30-20)31-10-8-19(33)16(25)13-31/h7,9,11-12,15-16,19,23,33H,5-6,8,10,13-14H2,1-4H3,(H,26,27,29,30). The van der Waals surface area contributed by atoms with Gasteiger partial charge in [0.15, 0.2) is 6.29 Å². The Morgan fingerprint density at radius 2 is 2.09 bits per heavy atom. The number of nitrogens with one attached hydrogen (secondary N) is 1. The molecule has 0 radical (unpaired) electrons. The zero-order valence-corrected chi connectivity index (χ0v) is 20.7. The molecule has 4 rings (SSSR count). The van der Waals surface area contributed by atoms with Gasteiger partial charge in [-0.15, -0.1) is 0 Å². The number of aromatic nitrogens is 5. The molecule has 1 aliphatic rings. The minimum absolute atomic E-state index is 0.0649. The Bertz CT molecular complexity index is 1130. The molecule has 0 saturated carbocycles. The second-order valence-electron chi connectivity index (χ2n) is 9.00. The molecular formula is C24H34FN7O3. The van der Waals surface area contributed by atoms with Gasteiger partial charge in [-0.3, -0.25) is 0 Å². The average Bonchev–Trinajstić information content (AvgIpc) is 3.21. The van der Waals surface area contributed by atoms with Gasteiger partial charge in [0.05, 0.1) is 24.4 Å². The van der Waals surface area contributed by atoms with Crippen LogP contribution in [0, 0.1) is 0 Å². The molecule has 2 N–H and O–H groups in total. The van der Waals surface area contributed by atoms with Gasteiger partial charge < -0.3 is 29.4 Å². The van der Waals surface area contributed by atoms with E-state index in [1.807, 2.05) is 6.07 Å².